The first-order valence-corrected chi connectivity index (χ1v) is 6.56. The van der Waals surface area contributed by atoms with E-state index >= 15 is 0 Å². The molecule has 0 radical (unpaired) electrons. The van der Waals surface area contributed by atoms with Gasteiger partial charge < -0.3 is 0 Å². The smallest absolute Gasteiger partial charge is 0.211 e. The Bertz CT molecular complexity index is 760. The third-order valence-corrected chi connectivity index (χ3v) is 3.51. The molecule has 0 heterocycles. The molecular formula is C16H11ClN2O2. The van der Waals surface area contributed by atoms with Crippen molar-refractivity contribution in [1.82, 2.24) is 0 Å². The van der Waals surface area contributed by atoms with Crippen molar-refractivity contribution in [2.75, 3.05) is 0 Å². The normalized spacial score (nSPS) is 9.62. The van der Waals surface area contributed by atoms with E-state index < -0.39 is 0 Å². The van der Waals surface area contributed by atoms with E-state index in [2.05, 4.69) is 9.98 Å². The van der Waals surface area contributed by atoms with Gasteiger partial charge >= 0.3 is 0 Å². The van der Waals surface area contributed by atoms with Crippen molar-refractivity contribution in [3.8, 4) is 0 Å². The molecule has 2 rings (SSSR count). The zero-order valence-electron chi connectivity index (χ0n) is 11.3. The Balaban J connectivity index is 2.60. The minimum Gasteiger partial charge on any atom is -0.211 e. The van der Waals surface area contributed by atoms with Crippen molar-refractivity contribution in [1.29, 1.82) is 0 Å². The van der Waals surface area contributed by atoms with Gasteiger partial charge in [-0.25, -0.2) is 9.59 Å². The second-order valence-corrected chi connectivity index (χ2v) is 4.79. The van der Waals surface area contributed by atoms with Gasteiger partial charge in [0.1, 0.15) is 5.69 Å². The monoisotopic (exact) mass is 298 g/mol. The lowest BCUT2D eigenvalue weighted by Crippen LogP contribution is -1.93. The van der Waals surface area contributed by atoms with Crippen LogP contribution in [0, 0.1) is 6.92 Å². The molecule has 2 aromatic carbocycles. The highest BCUT2D eigenvalue weighted by atomic mass is 35.5. The molecule has 0 bridgehead atoms. The first kappa shape index (κ1) is 14.9. The lowest BCUT2D eigenvalue weighted by molar-refractivity contribution is 0.565. The number of rotatable bonds is 4. The highest BCUT2D eigenvalue weighted by Gasteiger charge is 2.14. The largest absolute Gasteiger partial charge is 0.240 e. The van der Waals surface area contributed by atoms with E-state index in [1.165, 1.54) is 12.2 Å². The maximum Gasteiger partial charge on any atom is 0.240 e. The summed E-state index contributed by atoms with van der Waals surface area (Å²) < 4.78 is 0. The van der Waals surface area contributed by atoms with Gasteiger partial charge in [-0.1, -0.05) is 41.9 Å². The summed E-state index contributed by atoms with van der Waals surface area (Å²) in [5.74, 6) is 0. The van der Waals surface area contributed by atoms with Crippen molar-refractivity contribution < 1.29 is 9.59 Å². The van der Waals surface area contributed by atoms with E-state index in [1.807, 2.05) is 37.3 Å². The van der Waals surface area contributed by atoms with Crippen molar-refractivity contribution in [3.05, 3.63) is 58.1 Å². The maximum atomic E-state index is 10.6. The Morgan fingerprint density at radius 1 is 1.10 bits per heavy atom. The van der Waals surface area contributed by atoms with Gasteiger partial charge in [-0.2, -0.15) is 9.98 Å². The van der Waals surface area contributed by atoms with Crippen LogP contribution in [0.25, 0.3) is 0 Å². The molecule has 0 unspecified atom stereocenters. The topological polar surface area (TPSA) is 58.9 Å². The van der Waals surface area contributed by atoms with Crippen LogP contribution in [0.3, 0.4) is 0 Å². The summed E-state index contributed by atoms with van der Waals surface area (Å²) in [6.07, 6.45) is 3.55. The predicted octanol–water partition coefficient (Wildman–Crippen LogP) is 4.17. The lowest BCUT2D eigenvalue weighted by atomic mass is 9.98. The van der Waals surface area contributed by atoms with Crippen LogP contribution < -0.4 is 0 Å². The zero-order chi connectivity index (χ0) is 15.2. The number of benzene rings is 2. The second-order valence-electron chi connectivity index (χ2n) is 4.41. The summed E-state index contributed by atoms with van der Waals surface area (Å²) >= 11 is 6.10. The van der Waals surface area contributed by atoms with E-state index in [1.54, 1.807) is 6.07 Å². The summed E-state index contributed by atoms with van der Waals surface area (Å²) in [6, 6.07) is 11.5. The molecular weight excluding hydrogens is 288 g/mol. The molecule has 0 atom stereocenters. The highest BCUT2D eigenvalue weighted by molar-refractivity contribution is 6.35. The van der Waals surface area contributed by atoms with Gasteiger partial charge in [0.05, 0.1) is 10.7 Å². The van der Waals surface area contributed by atoms with Gasteiger partial charge in [-0.3, -0.25) is 0 Å². The van der Waals surface area contributed by atoms with Crippen LogP contribution in [0.4, 0.5) is 11.4 Å². The lowest BCUT2D eigenvalue weighted by Gasteiger charge is -2.11. The fourth-order valence-electron chi connectivity index (χ4n) is 2.08. The van der Waals surface area contributed by atoms with Crippen molar-refractivity contribution in [3.63, 3.8) is 0 Å². The molecule has 104 valence electrons. The Kier molecular flexibility index (Phi) is 4.81. The van der Waals surface area contributed by atoms with Gasteiger partial charge in [0.25, 0.3) is 0 Å². The van der Waals surface area contributed by atoms with Crippen LogP contribution in [-0.2, 0) is 16.0 Å². The minimum absolute atomic E-state index is 0.149. The summed E-state index contributed by atoms with van der Waals surface area (Å²) in [7, 11) is 0. The first-order valence-electron chi connectivity index (χ1n) is 6.19. The maximum absolute atomic E-state index is 10.6. The standard InChI is InChI=1S/C16H11ClN2O2/c1-11-13(7-12-5-3-2-4-6-12)8-14(18-9-20)15(17)16(11)19-10-21/h2-6,8H,7H2,1H3. The Morgan fingerprint density at radius 2 is 1.76 bits per heavy atom. The molecule has 0 spiro atoms. The summed E-state index contributed by atoms with van der Waals surface area (Å²) in [5.41, 5.74) is 3.27. The van der Waals surface area contributed by atoms with Gasteiger partial charge in [0.15, 0.2) is 0 Å². The molecule has 0 fully saturated rings. The minimum atomic E-state index is 0.149. The van der Waals surface area contributed by atoms with E-state index in [9.17, 15) is 9.59 Å². The second kappa shape index (κ2) is 6.78. The molecule has 0 amide bonds. The summed E-state index contributed by atoms with van der Waals surface area (Å²) in [4.78, 5) is 28.2. The number of carbonyl (C=O) groups excluding carboxylic acids is 2. The Morgan fingerprint density at radius 3 is 2.38 bits per heavy atom. The number of hydrogen-bond donors (Lipinski definition) is 0. The predicted molar refractivity (Wildman–Crippen MR) is 81.0 cm³/mol. The molecule has 0 saturated heterocycles. The molecule has 0 aliphatic heterocycles. The van der Waals surface area contributed by atoms with E-state index in [-0.39, 0.29) is 16.4 Å². The number of halogens is 1. The van der Waals surface area contributed by atoms with E-state index in [0.717, 1.165) is 16.7 Å². The molecule has 2 aromatic rings. The van der Waals surface area contributed by atoms with E-state index in [4.69, 9.17) is 11.6 Å². The van der Waals surface area contributed by atoms with Crippen molar-refractivity contribution in [2.45, 2.75) is 13.3 Å². The number of aliphatic imine (C=N–C) groups is 2. The molecule has 4 nitrogen and oxygen atoms in total. The molecule has 0 aliphatic rings. The SMILES string of the molecule is Cc1c(Cc2ccccc2)cc(N=C=O)c(Cl)c1N=C=O. The van der Waals surface area contributed by atoms with Gasteiger partial charge in [-0.05, 0) is 36.1 Å². The summed E-state index contributed by atoms with van der Waals surface area (Å²) in [6.45, 7) is 1.81. The molecule has 0 N–H and O–H groups in total. The molecule has 21 heavy (non-hydrogen) atoms. The van der Waals surface area contributed by atoms with Gasteiger partial charge in [-0.15, -0.1) is 0 Å². The number of hydrogen-bond acceptors (Lipinski definition) is 4. The average molecular weight is 299 g/mol. The molecule has 0 aromatic heterocycles. The average Bonchev–Trinajstić information content (AvgIpc) is 2.50. The molecule has 0 aliphatic carbocycles. The molecule has 0 saturated carbocycles. The van der Waals surface area contributed by atoms with Crippen molar-refractivity contribution >= 4 is 35.1 Å². The van der Waals surface area contributed by atoms with Crippen LogP contribution in [0.15, 0.2) is 46.4 Å². The van der Waals surface area contributed by atoms with Crippen LogP contribution in [0.2, 0.25) is 5.02 Å². The van der Waals surface area contributed by atoms with E-state index in [0.29, 0.717) is 6.42 Å². The van der Waals surface area contributed by atoms with Gasteiger partial charge in [0.2, 0.25) is 12.2 Å². The van der Waals surface area contributed by atoms with Crippen LogP contribution in [-0.4, -0.2) is 12.2 Å². The Hall–Kier alpha value is -2.51. The summed E-state index contributed by atoms with van der Waals surface area (Å²) in [5, 5.41) is 0.149. The van der Waals surface area contributed by atoms with Crippen LogP contribution in [0.1, 0.15) is 16.7 Å². The van der Waals surface area contributed by atoms with Gasteiger partial charge in [0, 0.05) is 0 Å². The highest BCUT2D eigenvalue weighted by Crippen LogP contribution is 2.39. The van der Waals surface area contributed by atoms with Crippen LogP contribution >= 0.6 is 11.6 Å². The van der Waals surface area contributed by atoms with Crippen molar-refractivity contribution in [2.24, 2.45) is 9.98 Å². The fraction of sp³-hybridized carbons (Fsp3) is 0.125. The Labute approximate surface area is 126 Å². The molecule has 5 heteroatoms. The number of nitrogens with zero attached hydrogens (tertiary/aromatic N) is 2. The third-order valence-electron chi connectivity index (χ3n) is 3.14. The quantitative estimate of drug-likeness (QED) is 0.628. The van der Waals surface area contributed by atoms with Crippen LogP contribution in [0.5, 0.6) is 0 Å². The first-order chi connectivity index (χ1) is 10.2. The zero-order valence-corrected chi connectivity index (χ0v) is 12.0. The number of isocyanates is 2. The third kappa shape index (κ3) is 3.33. The fourth-order valence-corrected chi connectivity index (χ4v) is 2.36.